The van der Waals surface area contributed by atoms with Crippen molar-refractivity contribution in [1.82, 2.24) is 20.2 Å². The molecule has 84 valence electrons. The molecule has 0 aromatic carbocycles. The predicted octanol–water partition coefficient (Wildman–Crippen LogP) is 2.18. The average Bonchev–Trinajstić information content (AvgIpc) is 3.00. The number of anilines is 1. The maximum atomic E-state index is 5.83. The second-order valence-corrected chi connectivity index (χ2v) is 4.37. The maximum Gasteiger partial charge on any atom is 0.202 e. The molecule has 0 spiro atoms. The lowest BCUT2D eigenvalue weighted by atomic mass is 10.3. The Labute approximate surface area is 101 Å². The molecule has 0 atom stereocenters. The van der Waals surface area contributed by atoms with E-state index in [1.165, 1.54) is 0 Å². The normalized spacial score (nSPS) is 10.6. The molecule has 17 heavy (non-hydrogen) atoms. The molecule has 3 heterocycles. The fourth-order valence-electron chi connectivity index (χ4n) is 1.50. The lowest BCUT2D eigenvalue weighted by molar-refractivity contribution is 1.09. The third kappa shape index (κ3) is 1.78. The largest absolute Gasteiger partial charge is 0.397 e. The van der Waals surface area contributed by atoms with Gasteiger partial charge in [0.1, 0.15) is 5.69 Å². The predicted molar refractivity (Wildman–Crippen MR) is 67.3 cm³/mol. The molecule has 0 saturated heterocycles. The number of pyridine rings is 1. The molecule has 0 aliphatic carbocycles. The third-order valence-electron chi connectivity index (χ3n) is 2.29. The second kappa shape index (κ2) is 3.99. The summed E-state index contributed by atoms with van der Waals surface area (Å²) in [6.07, 6.45) is 1.67. The minimum atomic E-state index is 0.520. The van der Waals surface area contributed by atoms with Crippen molar-refractivity contribution in [1.29, 1.82) is 0 Å². The molecule has 3 rings (SSSR count). The molecule has 0 bridgehead atoms. The minimum Gasteiger partial charge on any atom is -0.397 e. The second-order valence-electron chi connectivity index (χ2n) is 3.43. The van der Waals surface area contributed by atoms with Crippen LogP contribution >= 0.6 is 11.3 Å². The highest BCUT2D eigenvalue weighted by atomic mass is 32.1. The number of thiophene rings is 1. The van der Waals surface area contributed by atoms with Gasteiger partial charge in [0.15, 0.2) is 5.82 Å². The van der Waals surface area contributed by atoms with E-state index in [2.05, 4.69) is 20.2 Å². The quantitative estimate of drug-likeness (QED) is 0.722. The standard InChI is InChI=1S/C11H9N5S/c12-7-3-1-5-13-9(7)11-14-10(15-16-11)8-4-2-6-17-8/h1-6H,12H2,(H,14,15,16). The first kappa shape index (κ1) is 9.98. The zero-order valence-electron chi connectivity index (χ0n) is 8.79. The Bertz CT molecular complexity index is 629. The molecule has 0 unspecified atom stereocenters. The van der Waals surface area contributed by atoms with Crippen molar-refractivity contribution in [2.24, 2.45) is 0 Å². The lowest BCUT2D eigenvalue weighted by Gasteiger charge is -1.97. The fourth-order valence-corrected chi connectivity index (χ4v) is 2.16. The van der Waals surface area contributed by atoms with E-state index < -0.39 is 0 Å². The van der Waals surface area contributed by atoms with Gasteiger partial charge in [0.25, 0.3) is 0 Å². The molecule has 6 heteroatoms. The van der Waals surface area contributed by atoms with E-state index >= 15 is 0 Å². The van der Waals surface area contributed by atoms with Gasteiger partial charge in [-0.05, 0) is 23.6 Å². The zero-order valence-corrected chi connectivity index (χ0v) is 9.61. The van der Waals surface area contributed by atoms with Crippen LogP contribution in [0.2, 0.25) is 0 Å². The van der Waals surface area contributed by atoms with Crippen molar-refractivity contribution in [3.05, 3.63) is 35.8 Å². The number of nitrogens with one attached hydrogen (secondary N) is 1. The number of H-pyrrole nitrogens is 1. The number of rotatable bonds is 2. The first-order valence-electron chi connectivity index (χ1n) is 5.02. The van der Waals surface area contributed by atoms with Crippen LogP contribution in [0.3, 0.4) is 0 Å². The Balaban J connectivity index is 2.04. The summed E-state index contributed by atoms with van der Waals surface area (Å²) >= 11 is 1.60. The van der Waals surface area contributed by atoms with Gasteiger partial charge in [-0.15, -0.1) is 11.3 Å². The van der Waals surface area contributed by atoms with Crippen molar-refractivity contribution in [2.75, 3.05) is 5.73 Å². The third-order valence-corrected chi connectivity index (χ3v) is 3.17. The van der Waals surface area contributed by atoms with Gasteiger partial charge in [-0.2, -0.15) is 5.10 Å². The van der Waals surface area contributed by atoms with Crippen LogP contribution in [0.15, 0.2) is 35.8 Å². The Morgan fingerprint density at radius 2 is 2.18 bits per heavy atom. The number of nitrogens with zero attached hydrogens (tertiary/aromatic N) is 3. The summed E-state index contributed by atoms with van der Waals surface area (Å²) < 4.78 is 0. The van der Waals surface area contributed by atoms with Gasteiger partial charge in [0, 0.05) is 6.20 Å². The topological polar surface area (TPSA) is 80.5 Å². The van der Waals surface area contributed by atoms with Crippen LogP contribution in [0, 0.1) is 0 Å². The molecular weight excluding hydrogens is 234 g/mol. The molecule has 3 N–H and O–H groups in total. The number of nitrogens with two attached hydrogens (primary N) is 1. The number of nitrogen functional groups attached to an aromatic ring is 1. The highest BCUT2D eigenvalue weighted by molar-refractivity contribution is 7.13. The van der Waals surface area contributed by atoms with Crippen LogP contribution in [-0.4, -0.2) is 20.2 Å². The van der Waals surface area contributed by atoms with Crippen molar-refractivity contribution in [2.45, 2.75) is 0 Å². The van der Waals surface area contributed by atoms with Crippen molar-refractivity contribution >= 4 is 17.0 Å². The molecule has 0 aliphatic rings. The van der Waals surface area contributed by atoms with E-state index in [9.17, 15) is 0 Å². The van der Waals surface area contributed by atoms with Gasteiger partial charge in [-0.25, -0.2) is 4.98 Å². The highest BCUT2D eigenvalue weighted by Crippen LogP contribution is 2.24. The van der Waals surface area contributed by atoms with Gasteiger partial charge in [-0.3, -0.25) is 10.1 Å². The summed E-state index contributed by atoms with van der Waals surface area (Å²) in [5, 5.41) is 9.01. The molecule has 5 nitrogen and oxygen atoms in total. The monoisotopic (exact) mass is 243 g/mol. The summed E-state index contributed by atoms with van der Waals surface area (Å²) in [6.45, 7) is 0. The lowest BCUT2D eigenvalue weighted by Crippen LogP contribution is -1.93. The SMILES string of the molecule is Nc1cccnc1-c1n[nH]c(-c2cccs2)n1. The average molecular weight is 243 g/mol. The van der Waals surface area contributed by atoms with E-state index in [1.807, 2.05) is 17.5 Å². The smallest absolute Gasteiger partial charge is 0.202 e. The molecule has 0 saturated carbocycles. The molecule has 3 aromatic rings. The first-order valence-corrected chi connectivity index (χ1v) is 5.90. The molecule has 0 aliphatic heterocycles. The zero-order chi connectivity index (χ0) is 11.7. The van der Waals surface area contributed by atoms with E-state index in [-0.39, 0.29) is 0 Å². The van der Waals surface area contributed by atoms with Crippen molar-refractivity contribution in [3.63, 3.8) is 0 Å². The summed E-state index contributed by atoms with van der Waals surface area (Å²) in [6, 6.07) is 7.52. The van der Waals surface area contributed by atoms with E-state index in [0.717, 1.165) is 10.7 Å². The van der Waals surface area contributed by atoms with Crippen LogP contribution in [0.4, 0.5) is 5.69 Å². The molecule has 0 radical (unpaired) electrons. The molecule has 0 amide bonds. The Morgan fingerprint density at radius 3 is 2.94 bits per heavy atom. The Kier molecular flexibility index (Phi) is 2.34. The number of aromatic nitrogens is 4. The van der Waals surface area contributed by atoms with E-state index in [1.54, 1.807) is 29.7 Å². The minimum absolute atomic E-state index is 0.520. The first-order chi connectivity index (χ1) is 8.34. The van der Waals surface area contributed by atoms with Crippen molar-refractivity contribution < 1.29 is 0 Å². The van der Waals surface area contributed by atoms with Gasteiger partial charge in [-0.1, -0.05) is 6.07 Å². The van der Waals surface area contributed by atoms with Crippen LogP contribution in [0.5, 0.6) is 0 Å². The highest BCUT2D eigenvalue weighted by Gasteiger charge is 2.11. The van der Waals surface area contributed by atoms with Crippen LogP contribution in [0.25, 0.3) is 22.2 Å². The van der Waals surface area contributed by atoms with Crippen LogP contribution in [0.1, 0.15) is 0 Å². The summed E-state index contributed by atoms with van der Waals surface area (Å²) in [5.74, 6) is 1.26. The Morgan fingerprint density at radius 1 is 1.24 bits per heavy atom. The van der Waals surface area contributed by atoms with Gasteiger partial charge in [0.2, 0.25) is 5.82 Å². The molecular formula is C11H9N5S. The van der Waals surface area contributed by atoms with Crippen molar-refractivity contribution in [3.8, 4) is 22.2 Å². The van der Waals surface area contributed by atoms with Crippen LogP contribution in [-0.2, 0) is 0 Å². The van der Waals surface area contributed by atoms with Gasteiger partial charge >= 0.3 is 0 Å². The number of hydrogen-bond donors (Lipinski definition) is 2. The maximum absolute atomic E-state index is 5.83. The van der Waals surface area contributed by atoms with Gasteiger partial charge in [0.05, 0.1) is 10.6 Å². The van der Waals surface area contributed by atoms with E-state index in [0.29, 0.717) is 17.2 Å². The summed E-state index contributed by atoms with van der Waals surface area (Å²) in [7, 11) is 0. The molecule has 0 fully saturated rings. The van der Waals surface area contributed by atoms with Crippen LogP contribution < -0.4 is 5.73 Å². The Hall–Kier alpha value is -2.21. The van der Waals surface area contributed by atoms with E-state index in [4.69, 9.17) is 5.73 Å². The molecule has 3 aromatic heterocycles. The number of aromatic amines is 1. The number of hydrogen-bond acceptors (Lipinski definition) is 5. The fraction of sp³-hybridized carbons (Fsp3) is 0. The summed E-state index contributed by atoms with van der Waals surface area (Å²) in [5.41, 5.74) is 7.00. The van der Waals surface area contributed by atoms with Gasteiger partial charge < -0.3 is 5.73 Å². The summed E-state index contributed by atoms with van der Waals surface area (Å²) in [4.78, 5) is 9.60.